The molecule has 0 spiro atoms. The van der Waals surface area contributed by atoms with E-state index < -0.39 is 5.97 Å². The van der Waals surface area contributed by atoms with E-state index in [1.54, 1.807) is 31.2 Å². The van der Waals surface area contributed by atoms with Gasteiger partial charge in [0.2, 0.25) is 11.7 Å². The smallest absolute Gasteiger partial charge is 0.346 e. The Kier molecular flexibility index (Phi) is 3.98. The number of rotatable bonds is 4. The summed E-state index contributed by atoms with van der Waals surface area (Å²) in [4.78, 5) is 16.1. The van der Waals surface area contributed by atoms with Crippen molar-refractivity contribution in [1.82, 2.24) is 15.3 Å². The fraction of sp³-hybridized carbons (Fsp3) is 0.143. The molecule has 0 aliphatic carbocycles. The molecule has 2 heterocycles. The van der Waals surface area contributed by atoms with Crippen LogP contribution >= 0.6 is 11.6 Å². The van der Waals surface area contributed by atoms with Crippen molar-refractivity contribution in [2.45, 2.75) is 13.5 Å². The fourth-order valence-corrected chi connectivity index (χ4v) is 1.99. The molecular weight excluding hydrogens is 324 g/mol. The number of esters is 1. The number of aryl methyl sites for hydroxylation is 1. The lowest BCUT2D eigenvalue weighted by Gasteiger charge is -2.00. The van der Waals surface area contributed by atoms with Crippen molar-refractivity contribution in [2.75, 3.05) is 5.73 Å². The predicted molar refractivity (Wildman–Crippen MR) is 79.5 cm³/mol. The number of anilines is 1. The van der Waals surface area contributed by atoms with E-state index >= 15 is 0 Å². The molecule has 118 valence electrons. The molecule has 0 aliphatic rings. The Balaban J connectivity index is 1.68. The van der Waals surface area contributed by atoms with Crippen LogP contribution in [0.3, 0.4) is 0 Å². The van der Waals surface area contributed by atoms with Gasteiger partial charge in [0.05, 0.1) is 5.69 Å². The second kappa shape index (κ2) is 6.09. The maximum Gasteiger partial charge on any atom is 0.346 e. The summed E-state index contributed by atoms with van der Waals surface area (Å²) in [5, 5.41) is 8.00. The summed E-state index contributed by atoms with van der Waals surface area (Å²) in [6.07, 6.45) is 0. The Labute approximate surface area is 135 Å². The minimum absolute atomic E-state index is 0.0856. The molecule has 0 unspecified atom stereocenters. The van der Waals surface area contributed by atoms with Crippen LogP contribution in [0, 0.1) is 6.92 Å². The molecule has 2 N–H and O–H groups in total. The molecule has 3 rings (SSSR count). The first-order valence-electron chi connectivity index (χ1n) is 6.52. The summed E-state index contributed by atoms with van der Waals surface area (Å²) in [5.74, 6) is -0.253. The van der Waals surface area contributed by atoms with Crippen molar-refractivity contribution in [1.29, 1.82) is 0 Å². The molecule has 8 nitrogen and oxygen atoms in total. The number of ether oxygens (including phenoxy) is 1. The number of hydrogen-bond donors (Lipinski definition) is 1. The minimum Gasteiger partial charge on any atom is -0.452 e. The Morgan fingerprint density at radius 3 is 2.65 bits per heavy atom. The zero-order valence-corrected chi connectivity index (χ0v) is 12.7. The zero-order chi connectivity index (χ0) is 16.4. The SMILES string of the molecule is Cc1noc(N)c1C(=O)OCc1nc(-c2ccc(Cl)cc2)no1. The van der Waals surface area contributed by atoms with Gasteiger partial charge in [-0.2, -0.15) is 4.98 Å². The van der Waals surface area contributed by atoms with Gasteiger partial charge in [-0.3, -0.25) is 0 Å². The van der Waals surface area contributed by atoms with E-state index in [0.29, 0.717) is 16.5 Å². The molecule has 0 saturated carbocycles. The summed E-state index contributed by atoms with van der Waals surface area (Å²) >= 11 is 5.82. The van der Waals surface area contributed by atoms with Crippen LogP contribution in [0.5, 0.6) is 0 Å². The number of halogens is 1. The minimum atomic E-state index is -0.674. The molecule has 0 bridgehead atoms. The van der Waals surface area contributed by atoms with Crippen LogP contribution in [0.1, 0.15) is 21.9 Å². The normalized spacial score (nSPS) is 10.7. The van der Waals surface area contributed by atoms with Gasteiger partial charge >= 0.3 is 5.97 Å². The lowest BCUT2D eigenvalue weighted by molar-refractivity contribution is 0.0430. The number of carbonyl (C=O) groups is 1. The zero-order valence-electron chi connectivity index (χ0n) is 11.9. The molecule has 0 radical (unpaired) electrons. The summed E-state index contributed by atoms with van der Waals surface area (Å²) in [7, 11) is 0. The van der Waals surface area contributed by atoms with E-state index in [-0.39, 0.29) is 23.9 Å². The van der Waals surface area contributed by atoms with Crippen LogP contribution in [0.15, 0.2) is 33.3 Å². The van der Waals surface area contributed by atoms with E-state index in [4.69, 9.17) is 31.1 Å². The number of nitrogen functional groups attached to an aromatic ring is 1. The summed E-state index contributed by atoms with van der Waals surface area (Å²) in [5.41, 5.74) is 6.68. The van der Waals surface area contributed by atoms with Crippen molar-refractivity contribution < 1.29 is 18.6 Å². The van der Waals surface area contributed by atoms with Crippen LogP contribution in [-0.4, -0.2) is 21.3 Å². The van der Waals surface area contributed by atoms with Crippen molar-refractivity contribution in [3.8, 4) is 11.4 Å². The summed E-state index contributed by atoms with van der Waals surface area (Å²) < 4.78 is 14.8. The van der Waals surface area contributed by atoms with Gasteiger partial charge < -0.3 is 19.5 Å². The molecule has 0 saturated heterocycles. The molecule has 23 heavy (non-hydrogen) atoms. The first kappa shape index (κ1) is 15.0. The van der Waals surface area contributed by atoms with Gasteiger partial charge in [0.1, 0.15) is 5.56 Å². The molecule has 2 aromatic heterocycles. The molecule has 9 heteroatoms. The average molecular weight is 335 g/mol. The number of aromatic nitrogens is 3. The quantitative estimate of drug-likeness (QED) is 0.723. The van der Waals surface area contributed by atoms with Crippen LogP contribution in [0.4, 0.5) is 5.88 Å². The van der Waals surface area contributed by atoms with E-state index in [1.165, 1.54) is 0 Å². The van der Waals surface area contributed by atoms with Crippen molar-refractivity contribution in [3.63, 3.8) is 0 Å². The number of nitrogens with two attached hydrogens (primary N) is 1. The maximum atomic E-state index is 11.9. The molecular formula is C14H11ClN4O4. The molecule has 0 atom stereocenters. The van der Waals surface area contributed by atoms with Gasteiger partial charge in [-0.05, 0) is 31.2 Å². The van der Waals surface area contributed by atoms with Gasteiger partial charge in [-0.25, -0.2) is 4.79 Å². The highest BCUT2D eigenvalue weighted by Gasteiger charge is 2.21. The predicted octanol–water partition coefficient (Wildman–Crippen LogP) is 2.63. The third-order valence-corrected chi connectivity index (χ3v) is 3.24. The number of nitrogens with zero attached hydrogens (tertiary/aromatic N) is 3. The number of carbonyl (C=O) groups excluding carboxylic acids is 1. The van der Waals surface area contributed by atoms with Crippen LogP contribution in [0.2, 0.25) is 5.02 Å². The topological polar surface area (TPSA) is 117 Å². The fourth-order valence-electron chi connectivity index (χ4n) is 1.86. The Morgan fingerprint density at radius 2 is 2.00 bits per heavy atom. The van der Waals surface area contributed by atoms with Crippen LogP contribution in [-0.2, 0) is 11.3 Å². The van der Waals surface area contributed by atoms with Crippen LogP contribution < -0.4 is 5.73 Å². The molecule has 0 fully saturated rings. The monoisotopic (exact) mass is 334 g/mol. The van der Waals surface area contributed by atoms with Gasteiger partial charge in [-0.15, -0.1) is 0 Å². The molecule has 0 aliphatic heterocycles. The highest BCUT2D eigenvalue weighted by atomic mass is 35.5. The highest BCUT2D eigenvalue weighted by molar-refractivity contribution is 6.30. The second-order valence-corrected chi connectivity index (χ2v) is 5.04. The lowest BCUT2D eigenvalue weighted by atomic mass is 10.2. The highest BCUT2D eigenvalue weighted by Crippen LogP contribution is 2.20. The van der Waals surface area contributed by atoms with E-state index in [2.05, 4.69) is 15.3 Å². The van der Waals surface area contributed by atoms with Crippen molar-refractivity contribution >= 4 is 23.5 Å². The third-order valence-electron chi connectivity index (χ3n) is 2.99. The molecule has 0 amide bonds. The maximum absolute atomic E-state index is 11.9. The molecule has 3 aromatic rings. The van der Waals surface area contributed by atoms with E-state index in [9.17, 15) is 4.79 Å². The summed E-state index contributed by atoms with van der Waals surface area (Å²) in [6, 6.07) is 6.93. The number of benzene rings is 1. The second-order valence-electron chi connectivity index (χ2n) is 4.60. The Bertz CT molecular complexity index is 821. The number of hydrogen-bond acceptors (Lipinski definition) is 8. The van der Waals surface area contributed by atoms with Gasteiger partial charge in [-0.1, -0.05) is 21.9 Å². The third kappa shape index (κ3) is 3.16. The first-order valence-corrected chi connectivity index (χ1v) is 6.90. The lowest BCUT2D eigenvalue weighted by Crippen LogP contribution is -2.08. The van der Waals surface area contributed by atoms with Crippen molar-refractivity contribution in [3.05, 3.63) is 46.4 Å². The van der Waals surface area contributed by atoms with Gasteiger partial charge in [0.25, 0.3) is 5.89 Å². The largest absolute Gasteiger partial charge is 0.452 e. The standard InChI is InChI=1S/C14H11ClN4O4/c1-7-11(12(16)23-18-7)14(20)21-6-10-17-13(19-22-10)8-2-4-9(15)5-3-8/h2-5H,6,16H2,1H3. The first-order chi connectivity index (χ1) is 11.0. The van der Waals surface area contributed by atoms with E-state index in [1.807, 2.05) is 0 Å². The van der Waals surface area contributed by atoms with Gasteiger partial charge in [0.15, 0.2) is 6.61 Å². The van der Waals surface area contributed by atoms with Crippen LogP contribution in [0.25, 0.3) is 11.4 Å². The average Bonchev–Trinajstić information content (AvgIpc) is 3.13. The van der Waals surface area contributed by atoms with Gasteiger partial charge in [0, 0.05) is 10.6 Å². The Hall–Kier alpha value is -2.87. The Morgan fingerprint density at radius 1 is 1.26 bits per heavy atom. The summed E-state index contributed by atoms with van der Waals surface area (Å²) in [6.45, 7) is 1.39. The molecule has 1 aromatic carbocycles. The van der Waals surface area contributed by atoms with E-state index in [0.717, 1.165) is 5.56 Å². The van der Waals surface area contributed by atoms with Crippen molar-refractivity contribution in [2.24, 2.45) is 0 Å².